The molecule has 0 saturated heterocycles. The number of anilines is 3. The van der Waals surface area contributed by atoms with Crippen LogP contribution in [0.3, 0.4) is 0 Å². The third-order valence-corrected chi connectivity index (χ3v) is 8.76. The van der Waals surface area contributed by atoms with E-state index in [0.717, 1.165) is 71.9 Å². The molecule has 10 rings (SSSR count). The molecular formula is C39H23N5O. The smallest absolute Gasteiger partial charge is 0.238 e. The van der Waals surface area contributed by atoms with Crippen LogP contribution in [0.1, 0.15) is 0 Å². The molecule has 3 aromatic heterocycles. The Labute approximate surface area is 257 Å². The summed E-state index contributed by atoms with van der Waals surface area (Å²) in [6.07, 6.45) is 0. The zero-order valence-electron chi connectivity index (χ0n) is 23.9. The molecule has 0 amide bonds. The second-order valence-corrected chi connectivity index (χ2v) is 11.3. The molecular weight excluding hydrogens is 554 g/mol. The minimum Gasteiger partial charge on any atom is -0.454 e. The molecule has 4 heterocycles. The first kappa shape index (κ1) is 24.2. The van der Waals surface area contributed by atoms with Gasteiger partial charge in [-0.15, -0.1) is 0 Å². The third kappa shape index (κ3) is 3.42. The summed E-state index contributed by atoms with van der Waals surface area (Å²) in [6.45, 7) is 0. The molecule has 0 atom stereocenters. The number of fused-ring (bicyclic) bond motifs is 9. The van der Waals surface area contributed by atoms with Crippen LogP contribution in [0.15, 0.2) is 144 Å². The lowest BCUT2D eigenvalue weighted by Crippen LogP contribution is -2.21. The van der Waals surface area contributed by atoms with Crippen LogP contribution in [0.2, 0.25) is 0 Å². The highest BCUT2D eigenvalue weighted by atomic mass is 16.3. The lowest BCUT2D eigenvalue weighted by atomic mass is 10.1. The second kappa shape index (κ2) is 9.11. The molecule has 0 unspecified atom stereocenters. The van der Waals surface area contributed by atoms with Crippen LogP contribution in [0, 0.1) is 0 Å². The van der Waals surface area contributed by atoms with Crippen LogP contribution in [-0.2, 0) is 0 Å². The largest absolute Gasteiger partial charge is 0.454 e. The van der Waals surface area contributed by atoms with Crippen molar-refractivity contribution in [3.05, 3.63) is 140 Å². The van der Waals surface area contributed by atoms with Crippen molar-refractivity contribution in [1.82, 2.24) is 19.5 Å². The van der Waals surface area contributed by atoms with E-state index < -0.39 is 0 Å². The fraction of sp³-hybridized carbons (Fsp3) is 0. The molecule has 0 aliphatic carbocycles. The van der Waals surface area contributed by atoms with Gasteiger partial charge in [0.1, 0.15) is 5.58 Å². The highest BCUT2D eigenvalue weighted by Crippen LogP contribution is 2.50. The lowest BCUT2D eigenvalue weighted by Gasteiger charge is -2.31. The van der Waals surface area contributed by atoms with Crippen molar-refractivity contribution in [3.63, 3.8) is 0 Å². The summed E-state index contributed by atoms with van der Waals surface area (Å²) in [6, 6.07) is 47.8. The highest BCUT2D eigenvalue weighted by Gasteiger charge is 2.31. The first-order chi connectivity index (χ1) is 22.3. The molecule has 0 radical (unpaired) electrons. The van der Waals surface area contributed by atoms with Gasteiger partial charge in [-0.1, -0.05) is 109 Å². The van der Waals surface area contributed by atoms with Crippen molar-refractivity contribution in [2.24, 2.45) is 0 Å². The van der Waals surface area contributed by atoms with Crippen molar-refractivity contribution in [2.45, 2.75) is 0 Å². The van der Waals surface area contributed by atoms with Gasteiger partial charge in [-0.3, -0.25) is 4.90 Å². The Bertz CT molecular complexity index is 2550. The van der Waals surface area contributed by atoms with Gasteiger partial charge in [-0.2, -0.15) is 9.97 Å². The fourth-order valence-corrected chi connectivity index (χ4v) is 6.82. The van der Waals surface area contributed by atoms with E-state index >= 15 is 0 Å². The van der Waals surface area contributed by atoms with Crippen LogP contribution in [0.25, 0.3) is 72.2 Å². The van der Waals surface area contributed by atoms with E-state index in [9.17, 15) is 0 Å². The van der Waals surface area contributed by atoms with E-state index in [1.165, 1.54) is 0 Å². The average Bonchev–Trinajstić information content (AvgIpc) is 3.66. The van der Waals surface area contributed by atoms with Gasteiger partial charge < -0.3 is 8.98 Å². The minimum absolute atomic E-state index is 0.563. The first-order valence-electron chi connectivity index (χ1n) is 15.0. The summed E-state index contributed by atoms with van der Waals surface area (Å²) in [7, 11) is 0. The van der Waals surface area contributed by atoms with E-state index in [1.807, 2.05) is 72.8 Å². The SMILES string of the molecule is c1ccc(-c2nc(-c3ccccc3)nc(N3c4ccccc4-n4c5c3cccc5c3ccc5c6ccccc6oc5c34)n2)cc1. The van der Waals surface area contributed by atoms with Crippen LogP contribution >= 0.6 is 0 Å². The summed E-state index contributed by atoms with van der Waals surface area (Å²) in [5.74, 6) is 1.81. The molecule has 0 bridgehead atoms. The molecule has 0 N–H and O–H groups in total. The summed E-state index contributed by atoms with van der Waals surface area (Å²) < 4.78 is 8.95. The van der Waals surface area contributed by atoms with Gasteiger partial charge in [-0.05, 0) is 30.3 Å². The average molecular weight is 578 g/mol. The number of nitrogens with zero attached hydrogens (tertiary/aromatic N) is 5. The Balaban J connectivity index is 1.31. The summed E-state index contributed by atoms with van der Waals surface area (Å²) in [5, 5.41) is 4.51. The summed E-state index contributed by atoms with van der Waals surface area (Å²) in [4.78, 5) is 17.4. The van der Waals surface area contributed by atoms with Gasteiger partial charge in [0, 0.05) is 32.7 Å². The van der Waals surface area contributed by atoms with E-state index in [0.29, 0.717) is 17.6 Å². The normalized spacial score (nSPS) is 12.4. The molecule has 1 aliphatic rings. The molecule has 45 heavy (non-hydrogen) atoms. The fourth-order valence-electron chi connectivity index (χ4n) is 6.82. The van der Waals surface area contributed by atoms with Crippen molar-refractivity contribution >= 4 is 61.1 Å². The van der Waals surface area contributed by atoms with Crippen molar-refractivity contribution in [3.8, 4) is 28.5 Å². The Morgan fingerprint density at radius 2 is 1.00 bits per heavy atom. The van der Waals surface area contributed by atoms with Gasteiger partial charge in [0.25, 0.3) is 0 Å². The number of benzene rings is 6. The number of para-hydroxylation sites is 4. The standard InChI is InChI=1S/C39H23N5O/c1-3-12-24(13-4-1)37-40-38(25-14-5-2-6-15-25)42-39(41-37)43-30-18-8-9-19-31(30)44-34-27(17-11-20-32(34)43)28-22-23-29-26-16-7-10-21-33(26)45-36(29)35(28)44/h1-23H. The number of hydrogen-bond acceptors (Lipinski definition) is 5. The molecule has 6 heteroatoms. The molecule has 0 fully saturated rings. The Morgan fingerprint density at radius 1 is 0.422 bits per heavy atom. The van der Waals surface area contributed by atoms with Gasteiger partial charge in [0.05, 0.1) is 28.1 Å². The second-order valence-electron chi connectivity index (χ2n) is 11.3. The van der Waals surface area contributed by atoms with Crippen molar-refractivity contribution in [2.75, 3.05) is 4.90 Å². The molecule has 0 spiro atoms. The van der Waals surface area contributed by atoms with Gasteiger partial charge >= 0.3 is 0 Å². The van der Waals surface area contributed by atoms with E-state index in [1.54, 1.807) is 0 Å². The van der Waals surface area contributed by atoms with Gasteiger partial charge in [0.2, 0.25) is 5.95 Å². The molecule has 6 aromatic carbocycles. The van der Waals surface area contributed by atoms with Crippen LogP contribution in [-0.4, -0.2) is 19.5 Å². The van der Waals surface area contributed by atoms with Crippen LogP contribution in [0.5, 0.6) is 0 Å². The van der Waals surface area contributed by atoms with Crippen LogP contribution in [0.4, 0.5) is 17.3 Å². The summed E-state index contributed by atoms with van der Waals surface area (Å²) in [5.41, 5.74) is 8.79. The zero-order valence-corrected chi connectivity index (χ0v) is 23.9. The molecule has 0 saturated carbocycles. The molecule has 1 aliphatic heterocycles. The summed E-state index contributed by atoms with van der Waals surface area (Å²) >= 11 is 0. The molecule has 9 aromatic rings. The Kier molecular flexibility index (Phi) is 4.90. The van der Waals surface area contributed by atoms with E-state index in [-0.39, 0.29) is 0 Å². The number of rotatable bonds is 3. The van der Waals surface area contributed by atoms with Crippen molar-refractivity contribution in [1.29, 1.82) is 0 Å². The highest BCUT2D eigenvalue weighted by molar-refractivity contribution is 6.24. The number of furan rings is 1. The maximum atomic E-state index is 6.59. The maximum absolute atomic E-state index is 6.59. The Morgan fingerprint density at radius 3 is 1.76 bits per heavy atom. The van der Waals surface area contributed by atoms with Gasteiger partial charge in [0.15, 0.2) is 17.2 Å². The zero-order chi connectivity index (χ0) is 29.5. The quantitative estimate of drug-likeness (QED) is 0.209. The van der Waals surface area contributed by atoms with Crippen molar-refractivity contribution < 1.29 is 4.42 Å². The monoisotopic (exact) mass is 577 g/mol. The van der Waals surface area contributed by atoms with E-state index in [4.69, 9.17) is 19.4 Å². The minimum atomic E-state index is 0.563. The maximum Gasteiger partial charge on any atom is 0.238 e. The first-order valence-corrected chi connectivity index (χ1v) is 15.0. The lowest BCUT2D eigenvalue weighted by molar-refractivity contribution is 0.671. The third-order valence-electron chi connectivity index (χ3n) is 8.76. The Hall–Kier alpha value is -6.27. The van der Waals surface area contributed by atoms with Crippen LogP contribution < -0.4 is 4.90 Å². The number of hydrogen-bond donors (Lipinski definition) is 0. The molecule has 210 valence electrons. The topological polar surface area (TPSA) is 60.0 Å². The number of aromatic nitrogens is 4. The predicted molar refractivity (Wildman–Crippen MR) is 181 cm³/mol. The van der Waals surface area contributed by atoms with E-state index in [2.05, 4.69) is 76.2 Å². The van der Waals surface area contributed by atoms with Gasteiger partial charge in [-0.25, -0.2) is 4.98 Å². The predicted octanol–water partition coefficient (Wildman–Crippen LogP) is 9.99. The molecule has 6 nitrogen and oxygen atoms in total.